The molecule has 0 amide bonds. The maximum atomic E-state index is 9.25. The molecule has 4 heteroatoms. The molecule has 0 unspecified atom stereocenters. The summed E-state index contributed by atoms with van der Waals surface area (Å²) in [6.45, 7) is 11.3. The highest BCUT2D eigenvalue weighted by Gasteiger charge is 1.73. The van der Waals surface area contributed by atoms with Crippen molar-refractivity contribution in [3.8, 4) is 0 Å². The highest BCUT2D eigenvalue weighted by atomic mass is 16.4. The first-order chi connectivity index (χ1) is 6.95. The Balaban J connectivity index is -0.000000144. The monoisotopic (exact) mass is 212 g/mol. The van der Waals surface area contributed by atoms with Gasteiger partial charge in [0.05, 0.1) is 0 Å². The average molecular weight is 212 g/mol. The van der Waals surface area contributed by atoms with Crippen LogP contribution in [0.1, 0.15) is 6.92 Å². The molecule has 4 nitrogen and oxygen atoms in total. The fourth-order valence-electron chi connectivity index (χ4n) is 0.136. The van der Waals surface area contributed by atoms with Crippen LogP contribution in [0.5, 0.6) is 0 Å². The summed E-state index contributed by atoms with van der Waals surface area (Å²) in [7, 11) is 0. The largest absolute Gasteiger partial charge is 0.478 e. The van der Waals surface area contributed by atoms with Gasteiger partial charge in [0.1, 0.15) is 0 Å². The van der Waals surface area contributed by atoms with Crippen LogP contribution in [-0.4, -0.2) is 22.2 Å². The zero-order valence-electron chi connectivity index (χ0n) is 8.72. The van der Waals surface area contributed by atoms with E-state index in [1.165, 1.54) is 0 Å². The van der Waals surface area contributed by atoms with Crippen LogP contribution < -0.4 is 0 Å². The van der Waals surface area contributed by atoms with Gasteiger partial charge in [-0.2, -0.15) is 0 Å². The van der Waals surface area contributed by atoms with E-state index >= 15 is 0 Å². The molecule has 0 aliphatic heterocycles. The van der Waals surface area contributed by atoms with Gasteiger partial charge in [0.2, 0.25) is 0 Å². The lowest BCUT2D eigenvalue weighted by Gasteiger charge is -1.64. The molecule has 2 N–H and O–H groups in total. The maximum Gasteiger partial charge on any atom is 0.327 e. The first kappa shape index (κ1) is 18.6. The molecule has 0 aromatic carbocycles. The van der Waals surface area contributed by atoms with Gasteiger partial charge in [0.25, 0.3) is 0 Å². The molecule has 84 valence electrons. The van der Waals surface area contributed by atoms with Gasteiger partial charge < -0.3 is 10.2 Å². The standard InChI is InChI=1S/C5H8.2C3H4O2/c1-3-5-4-2;2*1-2-3(4)5/h3-5H,1H2,2H3;2*2H,1H2,(H,4,5). The topological polar surface area (TPSA) is 74.6 Å². The number of hydrogen-bond donors (Lipinski definition) is 2. The number of carboxylic acid groups (broad SMARTS) is 2. The molecular weight excluding hydrogens is 196 g/mol. The zero-order valence-corrected chi connectivity index (χ0v) is 8.72. The predicted octanol–water partition coefficient (Wildman–Crippen LogP) is 2.26. The molecule has 0 bridgehead atoms. The molecule has 0 aromatic rings. The molecule has 0 fully saturated rings. The predicted molar refractivity (Wildman–Crippen MR) is 60.7 cm³/mol. The zero-order chi connectivity index (χ0) is 12.7. The highest BCUT2D eigenvalue weighted by Crippen LogP contribution is 1.64. The molecule has 0 radical (unpaired) electrons. The minimum atomic E-state index is -0.981. The fraction of sp³-hybridized carbons (Fsp3) is 0.0909. The smallest absolute Gasteiger partial charge is 0.327 e. The summed E-state index contributed by atoms with van der Waals surface area (Å²) in [6.07, 6.45) is 7.24. The molecule has 0 saturated heterocycles. The molecule has 0 atom stereocenters. The summed E-state index contributed by atoms with van der Waals surface area (Å²) in [5.41, 5.74) is 0. The van der Waals surface area contributed by atoms with Crippen LogP contribution in [0.4, 0.5) is 0 Å². The Bertz CT molecular complexity index is 221. The lowest BCUT2D eigenvalue weighted by molar-refractivity contribution is -0.132. The molecule has 0 spiro atoms. The van der Waals surface area contributed by atoms with Gasteiger partial charge in [0.15, 0.2) is 0 Å². The van der Waals surface area contributed by atoms with E-state index < -0.39 is 11.9 Å². The molecule has 0 aliphatic rings. The van der Waals surface area contributed by atoms with Crippen molar-refractivity contribution in [2.75, 3.05) is 0 Å². The van der Waals surface area contributed by atoms with E-state index in [1.54, 1.807) is 6.08 Å². The van der Waals surface area contributed by atoms with Crippen LogP contribution in [0.2, 0.25) is 0 Å². The van der Waals surface area contributed by atoms with Crippen molar-refractivity contribution in [2.45, 2.75) is 6.92 Å². The first-order valence-electron chi connectivity index (χ1n) is 3.90. The number of carboxylic acids is 2. The molecular formula is C11H16O4. The minimum absolute atomic E-state index is 0.833. The summed E-state index contributed by atoms with van der Waals surface area (Å²) < 4.78 is 0. The second kappa shape index (κ2) is 17.8. The number of aliphatic carboxylic acids is 2. The van der Waals surface area contributed by atoms with Crippen molar-refractivity contribution in [1.82, 2.24) is 0 Å². The third kappa shape index (κ3) is 76.7. The van der Waals surface area contributed by atoms with E-state index in [0.29, 0.717) is 0 Å². The maximum absolute atomic E-state index is 9.25. The van der Waals surface area contributed by atoms with Crippen molar-refractivity contribution in [3.05, 3.63) is 50.1 Å². The Morgan fingerprint density at radius 1 is 1.00 bits per heavy atom. The number of carbonyl (C=O) groups is 2. The van der Waals surface area contributed by atoms with Crippen LogP contribution in [0.25, 0.3) is 0 Å². The number of hydrogen-bond acceptors (Lipinski definition) is 2. The van der Waals surface area contributed by atoms with Crippen LogP contribution in [0, 0.1) is 0 Å². The lowest BCUT2D eigenvalue weighted by atomic mass is 10.5. The highest BCUT2D eigenvalue weighted by molar-refractivity contribution is 5.79. The van der Waals surface area contributed by atoms with Crippen LogP contribution in [0.3, 0.4) is 0 Å². The van der Waals surface area contributed by atoms with E-state index in [1.807, 2.05) is 19.1 Å². The Kier molecular flexibility index (Phi) is 22.2. The first-order valence-corrected chi connectivity index (χ1v) is 3.90. The SMILES string of the molecule is C=CC(=O)O.C=CC(=O)O.C=CC=CC. The molecule has 0 rings (SSSR count). The van der Waals surface area contributed by atoms with Gasteiger partial charge in [-0.25, -0.2) is 9.59 Å². The van der Waals surface area contributed by atoms with Crippen LogP contribution in [0.15, 0.2) is 50.1 Å². The fourth-order valence-corrected chi connectivity index (χ4v) is 0.136. The summed E-state index contributed by atoms with van der Waals surface area (Å²) in [4.78, 5) is 18.5. The molecule has 0 heterocycles. The van der Waals surface area contributed by atoms with Crippen LogP contribution in [-0.2, 0) is 9.59 Å². The van der Waals surface area contributed by atoms with Crippen molar-refractivity contribution in [1.29, 1.82) is 0 Å². The third-order valence-corrected chi connectivity index (χ3v) is 0.678. The quantitative estimate of drug-likeness (QED) is 0.555. The van der Waals surface area contributed by atoms with Crippen molar-refractivity contribution in [3.63, 3.8) is 0 Å². The molecule has 0 saturated carbocycles. The Labute approximate surface area is 89.6 Å². The Hall–Kier alpha value is -2.10. The average Bonchev–Trinajstić information content (AvgIpc) is 2.20. The van der Waals surface area contributed by atoms with E-state index in [-0.39, 0.29) is 0 Å². The summed E-state index contributed by atoms with van der Waals surface area (Å²) in [6, 6.07) is 0. The second-order valence-electron chi connectivity index (χ2n) is 1.85. The van der Waals surface area contributed by atoms with Gasteiger partial charge in [0, 0.05) is 12.2 Å². The van der Waals surface area contributed by atoms with Gasteiger partial charge in [-0.05, 0) is 6.92 Å². The molecule has 15 heavy (non-hydrogen) atoms. The summed E-state index contributed by atoms with van der Waals surface area (Å²) >= 11 is 0. The molecule has 0 aromatic heterocycles. The van der Waals surface area contributed by atoms with Crippen LogP contribution >= 0.6 is 0 Å². The normalized spacial score (nSPS) is 7.27. The van der Waals surface area contributed by atoms with E-state index in [0.717, 1.165) is 12.2 Å². The van der Waals surface area contributed by atoms with Gasteiger partial charge in [-0.1, -0.05) is 38.0 Å². The summed E-state index contributed by atoms with van der Waals surface area (Å²) in [5, 5.41) is 15.2. The summed E-state index contributed by atoms with van der Waals surface area (Å²) in [5.74, 6) is -1.96. The van der Waals surface area contributed by atoms with E-state index in [9.17, 15) is 9.59 Å². The Morgan fingerprint density at radius 2 is 1.27 bits per heavy atom. The minimum Gasteiger partial charge on any atom is -0.478 e. The number of allylic oxidation sites excluding steroid dienone is 3. The lowest BCUT2D eigenvalue weighted by Crippen LogP contribution is -1.82. The molecule has 0 aliphatic carbocycles. The van der Waals surface area contributed by atoms with Crippen molar-refractivity contribution >= 4 is 11.9 Å². The third-order valence-electron chi connectivity index (χ3n) is 0.678. The van der Waals surface area contributed by atoms with Gasteiger partial charge >= 0.3 is 11.9 Å². The van der Waals surface area contributed by atoms with Crippen molar-refractivity contribution < 1.29 is 19.8 Å². The van der Waals surface area contributed by atoms with Gasteiger partial charge in [-0.3, -0.25) is 0 Å². The van der Waals surface area contributed by atoms with E-state index in [4.69, 9.17) is 10.2 Å². The number of rotatable bonds is 3. The van der Waals surface area contributed by atoms with Gasteiger partial charge in [-0.15, -0.1) is 0 Å². The van der Waals surface area contributed by atoms with Crippen molar-refractivity contribution in [2.24, 2.45) is 0 Å². The second-order valence-corrected chi connectivity index (χ2v) is 1.85. The van der Waals surface area contributed by atoms with E-state index in [2.05, 4.69) is 19.7 Å². The Morgan fingerprint density at radius 3 is 1.27 bits per heavy atom.